The highest BCUT2D eigenvalue weighted by molar-refractivity contribution is 5.60. The number of hydrogen-bond acceptors (Lipinski definition) is 3. The average molecular weight is 307 g/mol. The lowest BCUT2D eigenvalue weighted by molar-refractivity contribution is -0.177. The standard InChI is InChI=1S/C16H16F3N3/c17-16(18,19)13-6-5-12-7-14(21-22-15(12)8-13)11-3-1-10(9-20)2-4-11/h1-4,7,13H,5-6,8-9,20H2. The van der Waals surface area contributed by atoms with Crippen molar-refractivity contribution in [3.63, 3.8) is 0 Å². The van der Waals surface area contributed by atoms with Crippen LogP contribution in [0.4, 0.5) is 13.2 Å². The predicted octanol–water partition coefficient (Wildman–Crippen LogP) is 3.27. The normalized spacial score (nSPS) is 18.1. The molecule has 3 rings (SSSR count). The van der Waals surface area contributed by atoms with E-state index in [2.05, 4.69) is 10.2 Å². The van der Waals surface area contributed by atoms with Crippen molar-refractivity contribution in [1.82, 2.24) is 10.2 Å². The van der Waals surface area contributed by atoms with Gasteiger partial charge >= 0.3 is 6.18 Å². The zero-order chi connectivity index (χ0) is 15.7. The minimum Gasteiger partial charge on any atom is -0.326 e. The van der Waals surface area contributed by atoms with Crippen LogP contribution in [0, 0.1) is 5.92 Å². The number of alkyl halides is 3. The quantitative estimate of drug-likeness (QED) is 0.926. The third-order valence-electron chi connectivity index (χ3n) is 4.11. The second kappa shape index (κ2) is 5.68. The molecule has 3 nitrogen and oxygen atoms in total. The van der Waals surface area contributed by atoms with Crippen molar-refractivity contribution in [2.24, 2.45) is 11.7 Å². The predicted molar refractivity (Wildman–Crippen MR) is 76.9 cm³/mol. The Balaban J connectivity index is 1.86. The Morgan fingerprint density at radius 1 is 1.14 bits per heavy atom. The molecule has 1 aliphatic rings. The summed E-state index contributed by atoms with van der Waals surface area (Å²) < 4.78 is 38.4. The summed E-state index contributed by atoms with van der Waals surface area (Å²) in [6, 6.07) is 9.48. The van der Waals surface area contributed by atoms with E-state index in [1.807, 2.05) is 30.3 Å². The lowest BCUT2D eigenvalue weighted by Crippen LogP contribution is -2.29. The molecular formula is C16H16F3N3. The first kappa shape index (κ1) is 15.0. The maximum atomic E-state index is 12.8. The minimum atomic E-state index is -4.16. The molecule has 0 saturated heterocycles. The molecule has 0 fully saturated rings. The smallest absolute Gasteiger partial charge is 0.326 e. The second-order valence-corrected chi connectivity index (χ2v) is 5.58. The van der Waals surface area contributed by atoms with Crippen LogP contribution in [0.3, 0.4) is 0 Å². The van der Waals surface area contributed by atoms with Crippen LogP contribution in [0.1, 0.15) is 23.2 Å². The number of benzene rings is 1. The van der Waals surface area contributed by atoms with Gasteiger partial charge in [0.1, 0.15) is 0 Å². The van der Waals surface area contributed by atoms with Crippen LogP contribution in [-0.2, 0) is 19.4 Å². The molecule has 1 aromatic carbocycles. The van der Waals surface area contributed by atoms with Crippen LogP contribution in [0.5, 0.6) is 0 Å². The molecule has 2 N–H and O–H groups in total. The summed E-state index contributed by atoms with van der Waals surface area (Å²) in [5.41, 5.74) is 9.49. The first-order valence-corrected chi connectivity index (χ1v) is 7.19. The summed E-state index contributed by atoms with van der Waals surface area (Å²) in [5.74, 6) is -1.30. The monoisotopic (exact) mass is 307 g/mol. The van der Waals surface area contributed by atoms with E-state index >= 15 is 0 Å². The lowest BCUT2D eigenvalue weighted by Gasteiger charge is -2.25. The van der Waals surface area contributed by atoms with E-state index in [9.17, 15) is 13.2 Å². The van der Waals surface area contributed by atoms with Gasteiger partial charge in [0, 0.05) is 18.5 Å². The van der Waals surface area contributed by atoms with Crippen molar-refractivity contribution < 1.29 is 13.2 Å². The second-order valence-electron chi connectivity index (χ2n) is 5.58. The molecule has 0 bridgehead atoms. The Morgan fingerprint density at radius 2 is 1.86 bits per heavy atom. The van der Waals surface area contributed by atoms with Gasteiger partial charge in [-0.2, -0.15) is 23.4 Å². The number of fused-ring (bicyclic) bond motifs is 1. The van der Waals surface area contributed by atoms with E-state index in [1.54, 1.807) is 0 Å². The number of aryl methyl sites for hydroxylation is 1. The van der Waals surface area contributed by atoms with Crippen LogP contribution < -0.4 is 5.73 Å². The number of halogens is 3. The highest BCUT2D eigenvalue weighted by atomic mass is 19.4. The van der Waals surface area contributed by atoms with Gasteiger partial charge < -0.3 is 5.73 Å². The van der Waals surface area contributed by atoms with Gasteiger partial charge in [0.2, 0.25) is 0 Å². The molecule has 0 radical (unpaired) electrons. The van der Waals surface area contributed by atoms with Crippen LogP contribution in [-0.4, -0.2) is 16.4 Å². The van der Waals surface area contributed by atoms with Crippen molar-refractivity contribution in [3.8, 4) is 11.3 Å². The molecule has 0 spiro atoms. The number of hydrogen-bond donors (Lipinski definition) is 1. The molecule has 0 saturated carbocycles. The van der Waals surface area contributed by atoms with Gasteiger partial charge in [-0.15, -0.1) is 0 Å². The summed E-state index contributed by atoms with van der Waals surface area (Å²) in [5, 5.41) is 8.11. The summed E-state index contributed by atoms with van der Waals surface area (Å²) >= 11 is 0. The van der Waals surface area contributed by atoms with Gasteiger partial charge in [-0.3, -0.25) is 0 Å². The van der Waals surface area contributed by atoms with Crippen molar-refractivity contribution >= 4 is 0 Å². The Hall–Kier alpha value is -1.95. The molecular weight excluding hydrogens is 291 g/mol. The highest BCUT2D eigenvalue weighted by Gasteiger charge is 2.41. The third kappa shape index (κ3) is 2.97. The fourth-order valence-electron chi connectivity index (χ4n) is 2.74. The molecule has 1 atom stereocenters. The van der Waals surface area contributed by atoms with E-state index in [-0.39, 0.29) is 12.8 Å². The van der Waals surface area contributed by atoms with E-state index in [0.717, 1.165) is 16.7 Å². The van der Waals surface area contributed by atoms with Crippen molar-refractivity contribution in [2.45, 2.75) is 32.0 Å². The molecule has 1 heterocycles. The largest absolute Gasteiger partial charge is 0.392 e. The molecule has 1 aromatic heterocycles. The number of rotatable bonds is 2. The van der Waals surface area contributed by atoms with E-state index < -0.39 is 12.1 Å². The summed E-state index contributed by atoms with van der Waals surface area (Å²) in [4.78, 5) is 0. The maximum absolute atomic E-state index is 12.8. The van der Waals surface area contributed by atoms with E-state index in [0.29, 0.717) is 24.4 Å². The summed E-state index contributed by atoms with van der Waals surface area (Å²) in [7, 11) is 0. The number of nitrogens with two attached hydrogens (primary N) is 1. The topological polar surface area (TPSA) is 51.8 Å². The van der Waals surface area contributed by atoms with Gasteiger partial charge in [0.05, 0.1) is 17.3 Å². The van der Waals surface area contributed by atoms with Gasteiger partial charge in [0.25, 0.3) is 0 Å². The lowest BCUT2D eigenvalue weighted by atomic mass is 9.86. The van der Waals surface area contributed by atoms with Crippen LogP contribution in [0.25, 0.3) is 11.3 Å². The molecule has 116 valence electrons. The fourth-order valence-corrected chi connectivity index (χ4v) is 2.74. The average Bonchev–Trinajstić information content (AvgIpc) is 2.53. The zero-order valence-corrected chi connectivity index (χ0v) is 11.9. The zero-order valence-electron chi connectivity index (χ0n) is 11.9. The molecule has 0 aliphatic heterocycles. The van der Waals surface area contributed by atoms with Crippen LogP contribution in [0.15, 0.2) is 30.3 Å². The molecule has 0 amide bonds. The minimum absolute atomic E-state index is 0.0712. The van der Waals surface area contributed by atoms with Gasteiger partial charge in [-0.05, 0) is 30.0 Å². The van der Waals surface area contributed by atoms with Crippen molar-refractivity contribution in [2.75, 3.05) is 0 Å². The molecule has 1 aliphatic carbocycles. The van der Waals surface area contributed by atoms with Gasteiger partial charge in [-0.1, -0.05) is 24.3 Å². The van der Waals surface area contributed by atoms with Crippen LogP contribution >= 0.6 is 0 Å². The summed E-state index contributed by atoms with van der Waals surface area (Å²) in [6.07, 6.45) is -3.72. The van der Waals surface area contributed by atoms with Crippen LogP contribution in [0.2, 0.25) is 0 Å². The van der Waals surface area contributed by atoms with Crippen molar-refractivity contribution in [3.05, 3.63) is 47.2 Å². The first-order chi connectivity index (χ1) is 10.5. The van der Waals surface area contributed by atoms with Crippen molar-refractivity contribution in [1.29, 1.82) is 0 Å². The van der Waals surface area contributed by atoms with Gasteiger partial charge in [0.15, 0.2) is 0 Å². The molecule has 1 unspecified atom stereocenters. The Labute approximate surface area is 126 Å². The third-order valence-corrected chi connectivity index (χ3v) is 4.11. The van der Waals surface area contributed by atoms with Gasteiger partial charge in [-0.25, -0.2) is 0 Å². The number of aromatic nitrogens is 2. The molecule has 22 heavy (non-hydrogen) atoms. The van der Waals surface area contributed by atoms with E-state index in [4.69, 9.17) is 5.73 Å². The van der Waals surface area contributed by atoms with E-state index in [1.165, 1.54) is 0 Å². The SMILES string of the molecule is NCc1ccc(-c2cc3c(nn2)CC(C(F)(F)F)CC3)cc1. The maximum Gasteiger partial charge on any atom is 0.392 e. The number of nitrogens with zero attached hydrogens (tertiary/aromatic N) is 2. The Bertz CT molecular complexity index is 665. The Kier molecular flexibility index (Phi) is 3.87. The highest BCUT2D eigenvalue weighted by Crippen LogP contribution is 2.36. The first-order valence-electron chi connectivity index (χ1n) is 7.19. The fraction of sp³-hybridized carbons (Fsp3) is 0.375. The molecule has 2 aromatic rings. The summed E-state index contributed by atoms with van der Waals surface area (Å²) in [6.45, 7) is 0.467. The Morgan fingerprint density at radius 3 is 2.50 bits per heavy atom. The molecule has 6 heteroatoms.